The number of hydrogen-bond acceptors (Lipinski definition) is 13. The molecule has 0 aromatic rings. The number of Topliss-reactive ketones (excluding diaryl/α,β-unsaturated/α-hetero) is 1. The zero-order valence-electron chi connectivity index (χ0n) is 29.7. The van der Waals surface area contributed by atoms with Crippen LogP contribution in [0.15, 0.2) is 0 Å². The molecule has 4 saturated carbocycles. The number of esters is 5. The average Bonchev–Trinajstić information content (AvgIpc) is 3.38. The monoisotopic (exact) mass is 692 g/mol. The van der Waals surface area contributed by atoms with E-state index in [2.05, 4.69) is 13.8 Å². The lowest BCUT2D eigenvalue weighted by molar-refractivity contribution is -0.300. The first-order chi connectivity index (χ1) is 23.1. The topological polar surface area (TPSA) is 167 Å². The summed E-state index contributed by atoms with van der Waals surface area (Å²) in [6.45, 7) is 9.12. The first-order valence-electron chi connectivity index (χ1n) is 17.7. The normalized spacial score (nSPS) is 41.2. The predicted octanol–water partition coefficient (Wildman–Crippen LogP) is 3.86. The summed E-state index contributed by atoms with van der Waals surface area (Å²) in [7, 11) is 1.11. The molecule has 13 atom stereocenters. The van der Waals surface area contributed by atoms with Crippen LogP contribution >= 0.6 is 0 Å². The zero-order valence-corrected chi connectivity index (χ0v) is 29.7. The zero-order chi connectivity index (χ0) is 35.8. The second-order valence-corrected chi connectivity index (χ2v) is 15.3. The molecule has 5 rings (SSSR count). The highest BCUT2D eigenvalue weighted by Crippen LogP contribution is 2.67. The van der Waals surface area contributed by atoms with Crippen molar-refractivity contribution in [3.05, 3.63) is 0 Å². The van der Waals surface area contributed by atoms with E-state index in [1.54, 1.807) is 0 Å². The SMILES string of the molecule is COC(=O)[C@@H]1O[C@H](OCC(=O)[C@@H]2CC[C@@H]3[C@@H]4CC[C@@H]5C[C@H](OC(C)=O)CC[C@]5(C)[C@@H]4CC[C@@]32C)[C@@H](OC(C)=O)[C@H](OC(C)=O)[C@H]1OC(C)=O. The van der Waals surface area contributed by atoms with Gasteiger partial charge in [-0.15, -0.1) is 0 Å². The molecule has 49 heavy (non-hydrogen) atoms. The molecule has 13 heteroatoms. The van der Waals surface area contributed by atoms with Crippen molar-refractivity contribution < 1.29 is 61.9 Å². The van der Waals surface area contributed by atoms with E-state index < -0.39 is 54.6 Å². The molecule has 274 valence electrons. The van der Waals surface area contributed by atoms with E-state index in [1.165, 1.54) is 6.92 Å². The summed E-state index contributed by atoms with van der Waals surface area (Å²) in [6.07, 6.45) is 1.17. The summed E-state index contributed by atoms with van der Waals surface area (Å²) in [5.74, 6) is -1.88. The van der Waals surface area contributed by atoms with Gasteiger partial charge in [0.15, 0.2) is 36.5 Å². The van der Waals surface area contributed by atoms with Gasteiger partial charge in [0, 0.05) is 33.6 Å². The summed E-state index contributed by atoms with van der Waals surface area (Å²) >= 11 is 0. The minimum atomic E-state index is -1.59. The van der Waals surface area contributed by atoms with Crippen molar-refractivity contribution in [2.24, 2.45) is 40.4 Å². The lowest BCUT2D eigenvalue weighted by atomic mass is 9.44. The van der Waals surface area contributed by atoms with Crippen LogP contribution in [0, 0.1) is 40.4 Å². The van der Waals surface area contributed by atoms with Gasteiger partial charge in [-0.2, -0.15) is 0 Å². The first kappa shape index (κ1) is 37.2. The fourth-order valence-corrected chi connectivity index (χ4v) is 10.6. The Balaban J connectivity index is 1.30. The summed E-state index contributed by atoms with van der Waals surface area (Å²) in [4.78, 5) is 74.7. The molecule has 0 unspecified atom stereocenters. The molecule has 0 aromatic carbocycles. The van der Waals surface area contributed by atoms with E-state index in [9.17, 15) is 28.8 Å². The molecule has 5 aliphatic rings. The van der Waals surface area contributed by atoms with Gasteiger partial charge >= 0.3 is 29.8 Å². The van der Waals surface area contributed by atoms with Crippen molar-refractivity contribution in [3.63, 3.8) is 0 Å². The van der Waals surface area contributed by atoms with Gasteiger partial charge in [0.05, 0.1) is 7.11 Å². The lowest BCUT2D eigenvalue weighted by Crippen LogP contribution is -2.64. The van der Waals surface area contributed by atoms with Crippen molar-refractivity contribution in [3.8, 4) is 0 Å². The molecule has 4 aliphatic carbocycles. The van der Waals surface area contributed by atoms with Gasteiger partial charge < -0.3 is 33.2 Å². The molecule has 5 fully saturated rings. The third kappa shape index (κ3) is 7.38. The van der Waals surface area contributed by atoms with Crippen LogP contribution < -0.4 is 0 Å². The standard InChI is InChI=1S/C36H52O13/c1-18(37)45-23-12-14-35(5)22(16-23)8-9-24-25-10-11-27(36(25,6)15-13-26(24)35)28(41)17-44-34-32(48-21(4)40)30(47-20(3)39)29(46-19(2)38)31(49-34)33(42)43-7/h22-27,29-32,34H,8-17H2,1-7H3/t22-,23-,24+,25-,26-,27+,29-,30-,31-,32+,34+,35+,36+/m1/s1. The molecule has 1 saturated heterocycles. The van der Waals surface area contributed by atoms with Crippen LogP contribution in [0.4, 0.5) is 0 Å². The maximum absolute atomic E-state index is 14.0. The number of ether oxygens (including phenoxy) is 7. The van der Waals surface area contributed by atoms with E-state index in [4.69, 9.17) is 33.2 Å². The van der Waals surface area contributed by atoms with Gasteiger partial charge in [0.2, 0.25) is 0 Å². The quantitative estimate of drug-likeness (QED) is 0.253. The summed E-state index contributed by atoms with van der Waals surface area (Å²) in [6, 6.07) is 0. The van der Waals surface area contributed by atoms with Crippen LogP contribution in [0.1, 0.15) is 99.3 Å². The molecule has 0 N–H and O–H groups in total. The van der Waals surface area contributed by atoms with E-state index in [0.717, 1.165) is 85.7 Å². The molecular formula is C36H52O13. The number of hydrogen-bond donors (Lipinski definition) is 0. The molecule has 0 aromatic heterocycles. The number of fused-ring (bicyclic) bond motifs is 5. The highest BCUT2D eigenvalue weighted by atomic mass is 16.7. The molecule has 1 aliphatic heterocycles. The van der Waals surface area contributed by atoms with E-state index in [0.29, 0.717) is 23.7 Å². The summed E-state index contributed by atoms with van der Waals surface area (Å²) in [5.41, 5.74) is -0.0213. The van der Waals surface area contributed by atoms with Gasteiger partial charge in [-0.05, 0) is 92.3 Å². The van der Waals surface area contributed by atoms with Crippen molar-refractivity contribution in [1.82, 2.24) is 0 Å². The summed E-state index contributed by atoms with van der Waals surface area (Å²) < 4.78 is 38.5. The van der Waals surface area contributed by atoms with E-state index in [-0.39, 0.29) is 41.2 Å². The fourth-order valence-electron chi connectivity index (χ4n) is 10.6. The van der Waals surface area contributed by atoms with E-state index >= 15 is 0 Å². The Morgan fingerprint density at radius 3 is 1.90 bits per heavy atom. The second-order valence-electron chi connectivity index (χ2n) is 15.3. The third-order valence-electron chi connectivity index (χ3n) is 12.6. The fraction of sp³-hybridized carbons (Fsp3) is 0.833. The highest BCUT2D eigenvalue weighted by Gasteiger charge is 2.62. The van der Waals surface area contributed by atoms with Crippen LogP contribution in [-0.4, -0.2) is 86.2 Å². The Morgan fingerprint density at radius 2 is 1.27 bits per heavy atom. The largest absolute Gasteiger partial charge is 0.467 e. The van der Waals surface area contributed by atoms with Crippen molar-refractivity contribution in [2.75, 3.05) is 13.7 Å². The number of ketones is 1. The van der Waals surface area contributed by atoms with Gasteiger partial charge in [-0.25, -0.2) is 4.79 Å². The molecule has 13 nitrogen and oxygen atoms in total. The smallest absolute Gasteiger partial charge is 0.339 e. The van der Waals surface area contributed by atoms with Crippen molar-refractivity contribution in [1.29, 1.82) is 0 Å². The van der Waals surface area contributed by atoms with E-state index in [1.807, 2.05) is 0 Å². The van der Waals surface area contributed by atoms with Gasteiger partial charge in [-0.3, -0.25) is 24.0 Å². The summed E-state index contributed by atoms with van der Waals surface area (Å²) in [5, 5.41) is 0. The molecular weight excluding hydrogens is 640 g/mol. The number of carbonyl (C=O) groups excluding carboxylic acids is 6. The Bertz CT molecular complexity index is 1310. The molecule has 0 radical (unpaired) electrons. The van der Waals surface area contributed by atoms with Crippen LogP contribution in [0.25, 0.3) is 0 Å². The molecule has 0 bridgehead atoms. The predicted molar refractivity (Wildman–Crippen MR) is 169 cm³/mol. The Labute approximate surface area is 287 Å². The minimum absolute atomic E-state index is 0.00259. The van der Waals surface area contributed by atoms with Gasteiger partial charge in [0.1, 0.15) is 12.7 Å². The van der Waals surface area contributed by atoms with Crippen LogP contribution in [0.5, 0.6) is 0 Å². The van der Waals surface area contributed by atoms with Crippen molar-refractivity contribution >= 4 is 35.6 Å². The molecule has 0 spiro atoms. The van der Waals surface area contributed by atoms with Gasteiger partial charge in [0.25, 0.3) is 0 Å². The first-order valence-corrected chi connectivity index (χ1v) is 17.7. The Kier molecular flexibility index (Phi) is 11.1. The number of methoxy groups -OCH3 is 1. The highest BCUT2D eigenvalue weighted by molar-refractivity contribution is 5.83. The van der Waals surface area contributed by atoms with Crippen LogP contribution in [0.2, 0.25) is 0 Å². The maximum Gasteiger partial charge on any atom is 0.339 e. The van der Waals surface area contributed by atoms with Crippen LogP contribution in [-0.2, 0) is 61.9 Å². The molecule has 0 amide bonds. The Morgan fingerprint density at radius 1 is 0.673 bits per heavy atom. The maximum atomic E-state index is 14.0. The second kappa shape index (κ2) is 14.7. The third-order valence-corrected chi connectivity index (χ3v) is 12.6. The number of carbonyl (C=O) groups is 6. The average molecular weight is 693 g/mol. The molecule has 1 heterocycles. The number of rotatable bonds is 9. The Hall–Kier alpha value is -3.06. The van der Waals surface area contributed by atoms with Crippen molar-refractivity contribution in [2.45, 2.75) is 136 Å². The van der Waals surface area contributed by atoms with Gasteiger partial charge in [-0.1, -0.05) is 13.8 Å². The van der Waals surface area contributed by atoms with Crippen LogP contribution in [0.3, 0.4) is 0 Å². The minimum Gasteiger partial charge on any atom is -0.467 e. The lowest BCUT2D eigenvalue weighted by Gasteiger charge is -2.61.